The molecule has 0 aromatic carbocycles. The van der Waals surface area contributed by atoms with E-state index >= 15 is 0 Å². The van der Waals surface area contributed by atoms with E-state index < -0.39 is 0 Å². The van der Waals surface area contributed by atoms with Gasteiger partial charge in [-0.15, -0.1) is 45.5 Å². The molecule has 2 aromatic rings. The highest BCUT2D eigenvalue weighted by Gasteiger charge is 2.05. The molecule has 2 aromatic heterocycles. The highest BCUT2D eigenvalue weighted by atomic mass is 127. The Balaban J connectivity index is 0.00000312. The van der Waals surface area contributed by atoms with Crippen molar-refractivity contribution in [3.8, 4) is 0 Å². The number of halogens is 1. The lowest BCUT2D eigenvalue weighted by Gasteiger charge is -2.12. The highest BCUT2D eigenvalue weighted by molar-refractivity contribution is 14.0. The summed E-state index contributed by atoms with van der Waals surface area (Å²) in [6.07, 6.45) is 3.24. The van der Waals surface area contributed by atoms with E-state index in [0.29, 0.717) is 6.54 Å². The van der Waals surface area contributed by atoms with Gasteiger partial charge in [-0.3, -0.25) is 0 Å². The minimum atomic E-state index is 0. The van der Waals surface area contributed by atoms with Crippen molar-refractivity contribution in [1.29, 1.82) is 0 Å². The van der Waals surface area contributed by atoms with E-state index in [-0.39, 0.29) is 24.0 Å². The minimum Gasteiger partial charge on any atom is -0.356 e. The van der Waals surface area contributed by atoms with Crippen LogP contribution in [-0.4, -0.2) is 39.3 Å². The van der Waals surface area contributed by atoms with Crippen molar-refractivity contribution in [2.45, 2.75) is 33.4 Å². The van der Waals surface area contributed by atoms with Crippen LogP contribution in [0.5, 0.6) is 0 Å². The molecule has 0 saturated heterocycles. The van der Waals surface area contributed by atoms with E-state index in [1.165, 1.54) is 9.75 Å². The van der Waals surface area contributed by atoms with E-state index in [2.05, 4.69) is 51.1 Å². The molecule has 0 aliphatic rings. The number of nitrogens with one attached hydrogen (secondary N) is 2. The number of aryl methyl sites for hydroxylation is 2. The third-order valence-corrected chi connectivity index (χ3v) is 5.30. The van der Waals surface area contributed by atoms with Crippen molar-refractivity contribution in [2.75, 3.05) is 18.6 Å². The van der Waals surface area contributed by atoms with Crippen molar-refractivity contribution >= 4 is 53.0 Å². The van der Waals surface area contributed by atoms with Crippen LogP contribution in [0.3, 0.4) is 0 Å². The molecule has 0 unspecified atom stereocenters. The van der Waals surface area contributed by atoms with Crippen LogP contribution >= 0.6 is 47.1 Å². The molecule has 0 fully saturated rings. The Hall–Kier alpha value is -0.810. The van der Waals surface area contributed by atoms with Crippen LogP contribution < -0.4 is 10.6 Å². The van der Waals surface area contributed by atoms with Gasteiger partial charge in [0.1, 0.15) is 12.4 Å². The first-order valence-electron chi connectivity index (χ1n) is 8.01. The maximum absolute atomic E-state index is 4.66. The number of aliphatic imine (C=N–C) groups is 1. The van der Waals surface area contributed by atoms with Gasteiger partial charge in [0.25, 0.3) is 0 Å². The zero-order chi connectivity index (χ0) is 17.4. The van der Waals surface area contributed by atoms with Gasteiger partial charge in [0.2, 0.25) is 0 Å². The quantitative estimate of drug-likeness (QED) is 0.256. The van der Waals surface area contributed by atoms with Crippen LogP contribution in [0.4, 0.5) is 0 Å². The Kier molecular flexibility index (Phi) is 10.4. The third kappa shape index (κ3) is 7.53. The second-order valence-corrected chi connectivity index (χ2v) is 7.88. The predicted molar refractivity (Wildman–Crippen MR) is 119 cm³/mol. The van der Waals surface area contributed by atoms with Gasteiger partial charge in [-0.05, 0) is 44.4 Å². The zero-order valence-corrected chi connectivity index (χ0v) is 19.2. The lowest BCUT2D eigenvalue weighted by atomic mass is 10.4. The smallest absolute Gasteiger partial charge is 0.192 e. The molecule has 0 aliphatic heterocycles. The molecule has 0 spiro atoms. The summed E-state index contributed by atoms with van der Waals surface area (Å²) in [5.41, 5.74) is 0. The predicted octanol–water partition coefficient (Wildman–Crippen LogP) is 3.10. The molecular formula is C16H27IN6S2. The molecular weight excluding hydrogens is 467 g/mol. The average molecular weight is 494 g/mol. The summed E-state index contributed by atoms with van der Waals surface area (Å²) in [6, 6.07) is 4.30. The van der Waals surface area contributed by atoms with E-state index in [1.807, 2.05) is 30.3 Å². The molecule has 0 atom stereocenters. The Bertz CT molecular complexity index is 667. The van der Waals surface area contributed by atoms with Crippen LogP contribution in [-0.2, 0) is 20.1 Å². The fourth-order valence-corrected chi connectivity index (χ4v) is 3.35. The summed E-state index contributed by atoms with van der Waals surface area (Å²) in [5.74, 6) is 3.73. The van der Waals surface area contributed by atoms with Crippen LogP contribution in [0.2, 0.25) is 0 Å². The average Bonchev–Trinajstić information content (AvgIpc) is 3.13. The van der Waals surface area contributed by atoms with Crippen LogP contribution in [0.25, 0.3) is 0 Å². The Morgan fingerprint density at radius 1 is 1.28 bits per heavy atom. The lowest BCUT2D eigenvalue weighted by molar-refractivity contribution is 0.747. The first-order chi connectivity index (χ1) is 11.6. The van der Waals surface area contributed by atoms with E-state index in [0.717, 1.165) is 42.9 Å². The summed E-state index contributed by atoms with van der Waals surface area (Å²) in [4.78, 5) is 7.29. The van der Waals surface area contributed by atoms with Crippen LogP contribution in [0.1, 0.15) is 27.8 Å². The van der Waals surface area contributed by atoms with E-state index in [1.54, 1.807) is 11.3 Å². The molecule has 2 N–H and O–H groups in total. The summed E-state index contributed by atoms with van der Waals surface area (Å²) in [6.45, 7) is 6.27. The molecule has 140 valence electrons. The fraction of sp³-hybridized carbons (Fsp3) is 0.562. The van der Waals surface area contributed by atoms with E-state index in [9.17, 15) is 0 Å². The van der Waals surface area contributed by atoms with Crippen molar-refractivity contribution < 1.29 is 0 Å². The Labute approximate surface area is 175 Å². The molecule has 2 heterocycles. The van der Waals surface area contributed by atoms with Gasteiger partial charge in [0.05, 0.1) is 6.54 Å². The SMILES string of the molecule is CSCCCNC(=NCc1nnc(C)n1C)NCc1ccc(C)s1.I. The van der Waals surface area contributed by atoms with Gasteiger partial charge in [-0.1, -0.05) is 0 Å². The molecule has 0 saturated carbocycles. The number of hydrogen-bond donors (Lipinski definition) is 2. The molecule has 0 amide bonds. The standard InChI is InChI=1S/C16H26N6S2.HI/c1-12-6-7-14(24-12)10-18-16(17-8-5-9-23-4)19-11-15-21-20-13(2)22(15)3;/h6-7H,5,8-11H2,1-4H3,(H2,17,18,19);1H. The van der Waals surface area contributed by atoms with Crippen molar-refractivity contribution in [3.05, 3.63) is 33.5 Å². The summed E-state index contributed by atoms with van der Waals surface area (Å²) < 4.78 is 1.97. The van der Waals surface area contributed by atoms with Gasteiger partial charge in [-0.25, -0.2) is 4.99 Å². The van der Waals surface area contributed by atoms with Gasteiger partial charge in [0.15, 0.2) is 11.8 Å². The number of nitrogens with zero attached hydrogens (tertiary/aromatic N) is 4. The minimum absolute atomic E-state index is 0. The molecule has 0 bridgehead atoms. The zero-order valence-electron chi connectivity index (χ0n) is 15.2. The van der Waals surface area contributed by atoms with Crippen molar-refractivity contribution in [1.82, 2.24) is 25.4 Å². The topological polar surface area (TPSA) is 67.1 Å². The number of aromatic nitrogens is 3. The maximum atomic E-state index is 4.66. The Morgan fingerprint density at radius 2 is 2.08 bits per heavy atom. The van der Waals surface area contributed by atoms with Gasteiger partial charge < -0.3 is 15.2 Å². The molecule has 6 nitrogen and oxygen atoms in total. The number of guanidine groups is 1. The Morgan fingerprint density at radius 3 is 2.68 bits per heavy atom. The largest absolute Gasteiger partial charge is 0.356 e. The number of rotatable bonds is 8. The number of thioether (sulfide) groups is 1. The highest BCUT2D eigenvalue weighted by Crippen LogP contribution is 2.14. The first kappa shape index (κ1) is 22.2. The molecule has 2 rings (SSSR count). The maximum Gasteiger partial charge on any atom is 0.192 e. The second kappa shape index (κ2) is 11.7. The number of hydrogen-bond acceptors (Lipinski definition) is 5. The molecule has 0 radical (unpaired) electrons. The molecule has 0 aliphatic carbocycles. The first-order valence-corrected chi connectivity index (χ1v) is 10.2. The fourth-order valence-electron chi connectivity index (χ4n) is 2.09. The van der Waals surface area contributed by atoms with Crippen molar-refractivity contribution in [2.24, 2.45) is 12.0 Å². The van der Waals surface area contributed by atoms with Crippen molar-refractivity contribution in [3.63, 3.8) is 0 Å². The molecule has 9 heteroatoms. The monoisotopic (exact) mass is 494 g/mol. The summed E-state index contributed by atoms with van der Waals surface area (Å²) in [7, 11) is 1.97. The number of thiophene rings is 1. The summed E-state index contributed by atoms with van der Waals surface area (Å²) >= 11 is 3.67. The van der Waals surface area contributed by atoms with E-state index in [4.69, 9.17) is 0 Å². The van der Waals surface area contributed by atoms with Crippen LogP contribution in [0.15, 0.2) is 17.1 Å². The van der Waals surface area contributed by atoms with Gasteiger partial charge in [0, 0.05) is 23.3 Å². The lowest BCUT2D eigenvalue weighted by Crippen LogP contribution is -2.37. The van der Waals surface area contributed by atoms with Gasteiger partial charge >= 0.3 is 0 Å². The summed E-state index contributed by atoms with van der Waals surface area (Å²) in [5, 5.41) is 15.1. The van der Waals surface area contributed by atoms with Gasteiger partial charge in [-0.2, -0.15) is 11.8 Å². The second-order valence-electron chi connectivity index (χ2n) is 5.53. The van der Waals surface area contributed by atoms with Crippen LogP contribution in [0, 0.1) is 13.8 Å². The third-order valence-electron chi connectivity index (χ3n) is 3.61. The molecule has 25 heavy (non-hydrogen) atoms. The normalized spacial score (nSPS) is 11.3.